The Balaban J connectivity index is 0.000000171. The van der Waals surface area contributed by atoms with Gasteiger partial charge in [-0.2, -0.15) is 15.8 Å². The highest BCUT2D eigenvalue weighted by molar-refractivity contribution is 6.48. The molecule has 27 nitrogen and oxygen atoms in total. The topological polar surface area (TPSA) is 363 Å². The Hall–Kier alpha value is -12.4. The van der Waals surface area contributed by atoms with Gasteiger partial charge in [-0.1, -0.05) is 177 Å². The van der Waals surface area contributed by atoms with E-state index in [2.05, 4.69) is 52.9 Å². The van der Waals surface area contributed by atoms with Crippen LogP contribution in [0.4, 0.5) is 56.1 Å². The Labute approximate surface area is 818 Å². The van der Waals surface area contributed by atoms with Crippen molar-refractivity contribution in [2.75, 3.05) is 110 Å². The van der Waals surface area contributed by atoms with E-state index >= 15 is 0 Å². The summed E-state index contributed by atoms with van der Waals surface area (Å²) >= 11 is 64.8. The van der Waals surface area contributed by atoms with Crippen molar-refractivity contribution in [3.05, 3.63) is 254 Å². The lowest BCUT2D eigenvalue weighted by Crippen LogP contribution is -2.49. The van der Waals surface area contributed by atoms with E-state index in [1.54, 1.807) is 71.4 Å². The molecule has 0 radical (unpaired) electrons. The fourth-order valence-corrected chi connectivity index (χ4v) is 19.2. The summed E-state index contributed by atoms with van der Waals surface area (Å²) < 4.78 is 77.0. The number of aromatic nitrogens is 9. The number of hydrogen-bond donors (Lipinski definition) is 3. The molecule has 0 bridgehead atoms. The molecule has 3 saturated heterocycles. The number of carbonyl (C=O) groups excluding carboxylic acids is 3. The van der Waals surface area contributed by atoms with Gasteiger partial charge in [0.05, 0.1) is 136 Å². The van der Waals surface area contributed by atoms with Crippen LogP contribution in [0.15, 0.2) is 107 Å². The van der Waals surface area contributed by atoms with E-state index in [9.17, 15) is 66.5 Å². The van der Waals surface area contributed by atoms with Gasteiger partial charge in [-0.15, -0.1) is 0 Å². The molecule has 3 aliphatic heterocycles. The molecule has 0 aliphatic carbocycles. The minimum atomic E-state index is -1.44. The maximum atomic E-state index is 14.8. The second-order valence-corrected chi connectivity index (χ2v) is 36.1. The van der Waals surface area contributed by atoms with Crippen LogP contribution in [0, 0.1) is 83.9 Å². The van der Waals surface area contributed by atoms with Crippen molar-refractivity contribution in [3.8, 4) is 69.0 Å². The van der Waals surface area contributed by atoms with Crippen LogP contribution in [0.1, 0.15) is 110 Å². The van der Waals surface area contributed by atoms with Gasteiger partial charge >= 0.3 is 0 Å². The minimum absolute atomic E-state index is 0.00869. The first kappa shape index (κ1) is 100. The summed E-state index contributed by atoms with van der Waals surface area (Å²) in [6.45, 7) is 31.2. The van der Waals surface area contributed by atoms with Crippen molar-refractivity contribution < 1.29 is 36.3 Å². The highest BCUT2D eigenvalue weighted by Gasteiger charge is 2.38. The molecule has 0 saturated carbocycles. The summed E-state index contributed by atoms with van der Waals surface area (Å²) in [6, 6.07) is 15.9. The van der Waals surface area contributed by atoms with Crippen molar-refractivity contribution in [2.24, 2.45) is 0 Å². The monoisotopic (exact) mass is 2030 g/mol. The molecule has 0 atom stereocenters. The van der Waals surface area contributed by atoms with E-state index < -0.39 is 87.9 Å². The SMILES string of the molecule is C=CC(=O)N1CCN(c2c(C#N)c(=O)n(-c3c(C)ccnc3C(C)C)c3nc(-c4c(Cl)c(N)c(F)c(Cl)c4Cl)c(Cl)cc23)CC1.C=CC(=O)N1CCN(c2c(C#N)c(=O)n(-c3c(C)ccnc3C(C)C)c3nc(-c4c(Cl)c(N)c(F)c(F)c4Cl)c(Cl)cc23)CC1.C=CC(=O)N1CCN(c2c(C#N)c(=O)n(-c3c(C)ccnc3C(C)C)c3nc(-c4c(Cl)c(N)c(F)c(F)c4Cl)c(Cl)cc23)CC1. The molecular formula is C93H78Cl10F5N21O6. The molecule has 42 heteroatoms. The van der Waals surface area contributed by atoms with E-state index in [0.29, 0.717) is 125 Å². The molecule has 0 unspecified atom stereocenters. The number of carbonyl (C=O) groups is 3. The number of benzene rings is 3. The number of halogens is 15. The standard InChI is InChI=1S/C31H26Cl4FN7O2.2C31H26Cl3F2N7O2/c3*1-5-19(44)41-8-10-42(11-9-41)29-16-12-18(32)27(20-21(33)23(35)24(36)25(38)22(20)34)40-30(16)43(31(45)17(29)13-37)28-15(4)6-7-39-26(28)14(2)3/h3*5-7,12,14H,1,8-11,38H2,2-4H3. The molecule has 135 heavy (non-hydrogen) atoms. The molecule has 696 valence electrons. The first-order chi connectivity index (χ1) is 64.0. The normalized spacial score (nSPS) is 13.4. The number of pyridine rings is 9. The molecule has 9 aromatic heterocycles. The number of hydrogen-bond acceptors (Lipinski definition) is 21. The summed E-state index contributed by atoms with van der Waals surface area (Å²) in [6.07, 6.45) is 8.56. The van der Waals surface area contributed by atoms with Crippen molar-refractivity contribution in [1.82, 2.24) is 58.3 Å². The largest absolute Gasteiger partial charge is 0.395 e. The molecule has 3 aliphatic rings. The molecule has 3 aromatic carbocycles. The highest BCUT2D eigenvalue weighted by atomic mass is 35.5. The van der Waals surface area contributed by atoms with Gasteiger partial charge < -0.3 is 46.6 Å². The van der Waals surface area contributed by atoms with E-state index in [1.165, 1.54) is 44.1 Å². The van der Waals surface area contributed by atoms with Gasteiger partial charge in [-0.25, -0.2) is 36.9 Å². The maximum Gasteiger partial charge on any atom is 0.276 e. The lowest BCUT2D eigenvalue weighted by atomic mass is 10.0. The molecule has 0 spiro atoms. The van der Waals surface area contributed by atoms with Gasteiger partial charge in [0.2, 0.25) is 17.7 Å². The van der Waals surface area contributed by atoms with E-state index in [-0.39, 0.29) is 166 Å². The number of fused-ring (bicyclic) bond motifs is 3. The van der Waals surface area contributed by atoms with Crippen molar-refractivity contribution in [3.63, 3.8) is 0 Å². The maximum absolute atomic E-state index is 14.8. The van der Waals surface area contributed by atoms with E-state index in [4.69, 9.17) is 148 Å². The lowest BCUT2D eigenvalue weighted by molar-refractivity contribution is -0.127. The third-order valence-electron chi connectivity index (χ3n) is 23.2. The van der Waals surface area contributed by atoms with E-state index in [1.807, 2.05) is 63.2 Å². The smallest absolute Gasteiger partial charge is 0.276 e. The van der Waals surface area contributed by atoms with Gasteiger partial charge in [-0.3, -0.25) is 57.4 Å². The first-order valence-corrected chi connectivity index (χ1v) is 45.1. The highest BCUT2D eigenvalue weighted by Crippen LogP contribution is 2.51. The molecule has 6 N–H and O–H groups in total. The van der Waals surface area contributed by atoms with Gasteiger partial charge in [-0.05, 0) is 110 Å². The molecule has 3 amide bonds. The number of nitrogen functional groups attached to an aromatic ring is 3. The van der Waals surface area contributed by atoms with Crippen LogP contribution < -0.4 is 48.6 Å². The number of nitrogens with zero attached hydrogens (tertiary/aromatic N) is 18. The summed E-state index contributed by atoms with van der Waals surface area (Å²) in [5, 5.41) is 28.8. The summed E-state index contributed by atoms with van der Waals surface area (Å²) in [5.74, 6) is -7.84. The summed E-state index contributed by atoms with van der Waals surface area (Å²) in [4.78, 5) is 118. The Morgan fingerprint density at radius 2 is 0.622 bits per heavy atom. The van der Waals surface area contributed by atoms with Gasteiger partial charge in [0.25, 0.3) is 16.7 Å². The van der Waals surface area contributed by atoms with Crippen LogP contribution >= 0.6 is 116 Å². The average Bonchev–Trinajstić information content (AvgIpc) is 0.728. The number of nitrogens with two attached hydrogens (primary N) is 3. The summed E-state index contributed by atoms with van der Waals surface area (Å²) in [5.41, 5.74) is 18.2. The third-order valence-corrected chi connectivity index (χ3v) is 26.8. The summed E-state index contributed by atoms with van der Waals surface area (Å²) in [7, 11) is 0. The molecule has 12 aromatic rings. The molecule has 3 fully saturated rings. The van der Waals surface area contributed by atoms with Crippen LogP contribution in [0.3, 0.4) is 0 Å². The average molecular weight is 2040 g/mol. The fourth-order valence-electron chi connectivity index (χ4n) is 16.5. The van der Waals surface area contributed by atoms with Crippen molar-refractivity contribution >= 4 is 201 Å². The number of piperazine rings is 3. The van der Waals surface area contributed by atoms with Crippen LogP contribution in [-0.4, -0.2) is 155 Å². The zero-order valence-corrected chi connectivity index (χ0v) is 80.7. The van der Waals surface area contributed by atoms with Crippen LogP contribution in [0.5, 0.6) is 0 Å². The van der Waals surface area contributed by atoms with Gasteiger partial charge in [0.15, 0.2) is 29.1 Å². The van der Waals surface area contributed by atoms with Crippen LogP contribution in [0.2, 0.25) is 50.2 Å². The Morgan fingerprint density at radius 3 is 0.859 bits per heavy atom. The zero-order chi connectivity index (χ0) is 98.7. The predicted octanol–water partition coefficient (Wildman–Crippen LogP) is 19.7. The molecule has 12 heterocycles. The Kier molecular flexibility index (Phi) is 29.9. The molecule has 15 rings (SSSR count). The van der Waals surface area contributed by atoms with Gasteiger partial charge in [0, 0.05) is 130 Å². The quantitative estimate of drug-likeness (QED) is 0.0282. The second-order valence-electron chi connectivity index (χ2n) is 32.2. The Morgan fingerprint density at radius 1 is 0.378 bits per heavy atom. The van der Waals surface area contributed by atoms with Crippen LogP contribution in [0.25, 0.3) is 83.9 Å². The number of aryl methyl sites for hydroxylation is 3. The van der Waals surface area contributed by atoms with E-state index in [0.717, 1.165) is 0 Å². The molecular weight excluding hydrogens is 1960 g/mol. The Bertz CT molecular complexity index is 6650. The zero-order valence-electron chi connectivity index (χ0n) is 73.2. The lowest BCUT2D eigenvalue weighted by Gasteiger charge is -2.36. The number of anilines is 6. The predicted molar refractivity (Wildman–Crippen MR) is 522 cm³/mol. The number of nitriles is 3. The van der Waals surface area contributed by atoms with Crippen LogP contribution in [-0.2, 0) is 14.4 Å². The number of rotatable bonds is 15. The number of amides is 3. The third kappa shape index (κ3) is 17.9. The first-order valence-electron chi connectivity index (χ1n) is 41.3. The van der Waals surface area contributed by atoms with Gasteiger partial charge in [0.1, 0.15) is 51.8 Å². The van der Waals surface area contributed by atoms with Crippen molar-refractivity contribution in [2.45, 2.75) is 80.1 Å². The van der Waals surface area contributed by atoms with Crippen molar-refractivity contribution in [1.29, 1.82) is 15.8 Å². The second kappa shape index (κ2) is 40.3. The fraction of sp³-hybridized carbons (Fsp3) is 0.258. The minimum Gasteiger partial charge on any atom is -0.395 e.